The number of pyridine rings is 1. The van der Waals surface area contributed by atoms with Crippen LogP contribution in [0, 0.1) is 0 Å². The van der Waals surface area contributed by atoms with Crippen molar-refractivity contribution in [2.24, 2.45) is 5.73 Å². The molecule has 0 atom stereocenters. The van der Waals surface area contributed by atoms with Gasteiger partial charge in [-0.1, -0.05) is 23.7 Å². The molecule has 114 valence electrons. The van der Waals surface area contributed by atoms with Crippen LogP contribution in [-0.2, 0) is 11.2 Å². The van der Waals surface area contributed by atoms with Crippen LogP contribution in [-0.4, -0.2) is 22.7 Å². The van der Waals surface area contributed by atoms with Crippen molar-refractivity contribution >= 4 is 29.1 Å². The van der Waals surface area contributed by atoms with Crippen molar-refractivity contribution in [2.45, 2.75) is 12.6 Å². The lowest BCUT2D eigenvalue weighted by Gasteiger charge is -2.12. The van der Waals surface area contributed by atoms with Crippen molar-refractivity contribution in [1.82, 2.24) is 4.98 Å². The number of carbonyl (C=O) groups is 1. The van der Waals surface area contributed by atoms with Gasteiger partial charge in [0.25, 0.3) is 5.78 Å². The van der Waals surface area contributed by atoms with E-state index in [1.54, 1.807) is 6.07 Å². The summed E-state index contributed by atoms with van der Waals surface area (Å²) in [6.45, 7) is 3.48. The van der Waals surface area contributed by atoms with Gasteiger partial charge in [-0.05, 0) is 11.6 Å². The zero-order valence-electron chi connectivity index (χ0n) is 10.8. The van der Waals surface area contributed by atoms with Crippen LogP contribution in [0.2, 0.25) is 5.15 Å². The number of Topliss-reactive ketones (excluding diaryl/α,β-unsaturated/α-hetero) is 1. The summed E-state index contributed by atoms with van der Waals surface area (Å²) in [5.41, 5.74) is 5.17. The first kappa shape index (κ1) is 17.6. The number of aromatic nitrogens is 1. The van der Waals surface area contributed by atoms with Crippen LogP contribution in [0.1, 0.15) is 5.56 Å². The van der Waals surface area contributed by atoms with Gasteiger partial charge in [0.15, 0.2) is 0 Å². The Hall–Kier alpha value is -1.47. The number of hydrogen-bond acceptors (Lipinski definition) is 4. The molecule has 1 rings (SSSR count). The highest BCUT2D eigenvalue weighted by Crippen LogP contribution is 2.27. The van der Waals surface area contributed by atoms with Gasteiger partial charge in [-0.25, -0.2) is 4.98 Å². The molecule has 21 heavy (non-hydrogen) atoms. The molecule has 0 bridgehead atoms. The normalized spacial score (nSPS) is 12.8. The molecule has 0 radical (unpaired) electrons. The number of thioether (sulfide) groups is 1. The van der Waals surface area contributed by atoms with Crippen molar-refractivity contribution in [2.75, 3.05) is 5.75 Å². The molecule has 2 N–H and O–H groups in total. The lowest BCUT2D eigenvalue weighted by Crippen LogP contribution is -2.29. The highest BCUT2D eigenvalue weighted by molar-refractivity contribution is 8.03. The molecule has 0 spiro atoms. The van der Waals surface area contributed by atoms with Crippen LogP contribution < -0.4 is 5.73 Å². The Labute approximate surface area is 129 Å². The van der Waals surface area contributed by atoms with Crippen LogP contribution in [0.3, 0.4) is 0 Å². The minimum Gasteiger partial charge on any atom is -0.395 e. The fourth-order valence-electron chi connectivity index (χ4n) is 1.36. The Kier molecular flexibility index (Phi) is 6.29. The van der Waals surface area contributed by atoms with Crippen LogP contribution in [0.15, 0.2) is 41.6 Å². The molecule has 0 aliphatic rings. The quantitative estimate of drug-likeness (QED) is 0.491. The summed E-state index contributed by atoms with van der Waals surface area (Å²) in [6.07, 6.45) is -2.00. The number of hydrogen-bond donors (Lipinski definition) is 1. The Morgan fingerprint density at radius 3 is 2.62 bits per heavy atom. The highest BCUT2D eigenvalue weighted by Gasteiger charge is 2.40. The fraction of sp³-hybridized carbons (Fsp3) is 0.231. The summed E-state index contributed by atoms with van der Waals surface area (Å²) < 4.78 is 37.4. The summed E-state index contributed by atoms with van der Waals surface area (Å²) in [5.74, 6) is -1.71. The van der Waals surface area contributed by atoms with E-state index in [2.05, 4.69) is 11.6 Å². The molecule has 0 amide bonds. The zero-order valence-corrected chi connectivity index (χ0v) is 12.4. The summed E-state index contributed by atoms with van der Waals surface area (Å²) in [5, 5.41) is 0.266. The van der Waals surface area contributed by atoms with E-state index in [9.17, 15) is 18.0 Å². The smallest absolute Gasteiger partial charge is 0.395 e. The van der Waals surface area contributed by atoms with E-state index < -0.39 is 17.7 Å². The maximum atomic E-state index is 12.5. The van der Waals surface area contributed by atoms with Crippen LogP contribution in [0.25, 0.3) is 0 Å². The van der Waals surface area contributed by atoms with Gasteiger partial charge in [-0.3, -0.25) is 4.79 Å². The summed E-state index contributed by atoms with van der Waals surface area (Å²) in [4.78, 5) is 15.2. The third kappa shape index (κ3) is 5.43. The summed E-state index contributed by atoms with van der Waals surface area (Å²) in [6, 6.07) is 3.11. The van der Waals surface area contributed by atoms with Gasteiger partial charge in [0, 0.05) is 23.3 Å². The third-order valence-corrected chi connectivity index (χ3v) is 3.67. The molecule has 0 saturated carbocycles. The van der Waals surface area contributed by atoms with Crippen molar-refractivity contribution in [3.05, 3.63) is 52.3 Å². The van der Waals surface area contributed by atoms with E-state index in [4.69, 9.17) is 17.3 Å². The largest absolute Gasteiger partial charge is 0.456 e. The molecule has 0 unspecified atom stereocenters. The van der Waals surface area contributed by atoms with E-state index >= 15 is 0 Å². The van der Waals surface area contributed by atoms with Crippen LogP contribution in [0.5, 0.6) is 0 Å². The van der Waals surface area contributed by atoms with Crippen LogP contribution in [0.4, 0.5) is 13.2 Å². The van der Waals surface area contributed by atoms with E-state index in [0.29, 0.717) is 11.3 Å². The standard InChI is InChI=1S/C13H12ClF3N2OS/c1-2-5-21-9(11(18)12(20)13(15,16)17)6-8-3-4-10(14)19-7-8/h2-4,7H,1,5-6,18H2. The van der Waals surface area contributed by atoms with Crippen molar-refractivity contribution < 1.29 is 18.0 Å². The Bertz CT molecular complexity index is 556. The van der Waals surface area contributed by atoms with Crippen molar-refractivity contribution in [3.8, 4) is 0 Å². The number of carbonyl (C=O) groups excluding carboxylic acids is 1. The predicted molar refractivity (Wildman–Crippen MR) is 77.9 cm³/mol. The molecule has 1 aromatic heterocycles. The number of alkyl halides is 3. The molecular formula is C13H12ClF3N2OS. The SMILES string of the molecule is C=CCSC(Cc1ccc(Cl)nc1)=C(N)C(=O)C(F)(F)F. The summed E-state index contributed by atoms with van der Waals surface area (Å²) in [7, 11) is 0. The number of halogens is 4. The van der Waals surface area contributed by atoms with E-state index in [1.165, 1.54) is 18.3 Å². The fourth-order valence-corrected chi connectivity index (χ4v) is 2.31. The molecule has 0 aliphatic heterocycles. The Morgan fingerprint density at radius 2 is 2.14 bits per heavy atom. The number of ketones is 1. The van der Waals surface area contributed by atoms with Gasteiger partial charge < -0.3 is 5.73 Å². The van der Waals surface area contributed by atoms with Crippen molar-refractivity contribution in [3.63, 3.8) is 0 Å². The lowest BCUT2D eigenvalue weighted by molar-refractivity contribution is -0.166. The summed E-state index contributed by atoms with van der Waals surface area (Å²) >= 11 is 6.66. The number of allylic oxidation sites excluding steroid dienone is 2. The van der Waals surface area contributed by atoms with E-state index in [-0.39, 0.29) is 16.5 Å². The first-order chi connectivity index (χ1) is 9.75. The molecule has 0 fully saturated rings. The minimum absolute atomic E-state index is 0.0658. The van der Waals surface area contributed by atoms with Gasteiger partial charge >= 0.3 is 6.18 Å². The second-order valence-corrected chi connectivity index (χ2v) is 5.43. The Balaban J connectivity index is 3.06. The molecular weight excluding hydrogens is 325 g/mol. The first-order valence-electron chi connectivity index (χ1n) is 5.70. The molecule has 0 saturated heterocycles. The second-order valence-electron chi connectivity index (χ2n) is 3.93. The molecule has 1 aromatic rings. The average molecular weight is 337 g/mol. The Morgan fingerprint density at radius 1 is 1.48 bits per heavy atom. The number of nitrogens with two attached hydrogens (primary N) is 1. The molecule has 3 nitrogen and oxygen atoms in total. The van der Waals surface area contributed by atoms with E-state index in [0.717, 1.165) is 11.8 Å². The topological polar surface area (TPSA) is 56.0 Å². The van der Waals surface area contributed by atoms with Gasteiger partial charge in [-0.15, -0.1) is 18.3 Å². The second kappa shape index (κ2) is 7.51. The monoisotopic (exact) mass is 336 g/mol. The average Bonchev–Trinajstić information content (AvgIpc) is 2.43. The van der Waals surface area contributed by atoms with Gasteiger partial charge in [0.2, 0.25) is 0 Å². The molecule has 0 aliphatic carbocycles. The lowest BCUT2D eigenvalue weighted by atomic mass is 10.1. The number of rotatable bonds is 6. The number of nitrogens with zero attached hydrogens (tertiary/aromatic N) is 1. The van der Waals surface area contributed by atoms with Crippen LogP contribution >= 0.6 is 23.4 Å². The maximum absolute atomic E-state index is 12.5. The van der Waals surface area contributed by atoms with E-state index in [1.807, 2.05) is 0 Å². The maximum Gasteiger partial charge on any atom is 0.456 e. The molecule has 1 heterocycles. The van der Waals surface area contributed by atoms with Gasteiger partial charge in [-0.2, -0.15) is 13.2 Å². The third-order valence-electron chi connectivity index (χ3n) is 2.33. The van der Waals surface area contributed by atoms with Gasteiger partial charge in [0.1, 0.15) is 5.15 Å². The van der Waals surface area contributed by atoms with Crippen molar-refractivity contribution in [1.29, 1.82) is 0 Å². The first-order valence-corrected chi connectivity index (χ1v) is 7.06. The predicted octanol–water partition coefficient (Wildman–Crippen LogP) is 3.50. The molecule has 8 heteroatoms. The zero-order chi connectivity index (χ0) is 16.0. The highest BCUT2D eigenvalue weighted by atomic mass is 35.5. The molecule has 0 aromatic carbocycles. The van der Waals surface area contributed by atoms with Gasteiger partial charge in [0.05, 0.1) is 5.70 Å². The minimum atomic E-state index is -5.00.